The third-order valence-corrected chi connectivity index (χ3v) is 7.62. The van der Waals surface area contributed by atoms with E-state index in [2.05, 4.69) is 4.98 Å². The Balaban J connectivity index is 1.76. The van der Waals surface area contributed by atoms with Gasteiger partial charge in [0.2, 0.25) is 0 Å². The van der Waals surface area contributed by atoms with Gasteiger partial charge in [0.25, 0.3) is 5.78 Å². The van der Waals surface area contributed by atoms with Crippen molar-refractivity contribution < 1.29 is 28.9 Å². The van der Waals surface area contributed by atoms with Crippen molar-refractivity contribution in [3.63, 3.8) is 0 Å². The second kappa shape index (κ2) is 9.83. The fraction of sp³-hybridized carbons (Fsp3) is 0.207. The van der Waals surface area contributed by atoms with Crippen LogP contribution in [0.15, 0.2) is 60.2 Å². The summed E-state index contributed by atoms with van der Waals surface area (Å²) in [5.41, 5.74) is 3.38. The molecule has 1 aromatic heterocycles. The summed E-state index contributed by atoms with van der Waals surface area (Å²) in [4.78, 5) is 33.2. The molecule has 0 bridgehead atoms. The van der Waals surface area contributed by atoms with Crippen molar-refractivity contribution >= 4 is 44.1 Å². The van der Waals surface area contributed by atoms with Crippen LogP contribution in [0.5, 0.6) is 17.2 Å². The highest BCUT2D eigenvalue weighted by Gasteiger charge is 2.48. The van der Waals surface area contributed by atoms with E-state index >= 15 is 0 Å². The number of aliphatic hydroxyl groups is 1. The zero-order valence-electron chi connectivity index (χ0n) is 21.6. The Hall–Kier alpha value is -4.37. The first-order valence-electron chi connectivity index (χ1n) is 11.8. The zero-order chi connectivity index (χ0) is 27.1. The number of methoxy groups -OCH3 is 3. The lowest BCUT2D eigenvalue weighted by molar-refractivity contribution is -0.132. The number of aromatic nitrogens is 1. The first kappa shape index (κ1) is 25.3. The van der Waals surface area contributed by atoms with Crippen molar-refractivity contribution in [2.75, 3.05) is 26.2 Å². The molecule has 1 unspecified atom stereocenters. The molecule has 1 fully saturated rings. The molecule has 3 aromatic carbocycles. The molecule has 1 aliphatic rings. The van der Waals surface area contributed by atoms with Crippen LogP contribution in [0.25, 0.3) is 16.0 Å². The summed E-state index contributed by atoms with van der Waals surface area (Å²) >= 11 is 1.26. The Morgan fingerprint density at radius 2 is 1.68 bits per heavy atom. The molecule has 0 spiro atoms. The van der Waals surface area contributed by atoms with Crippen LogP contribution in [0.3, 0.4) is 0 Å². The number of ketones is 1. The van der Waals surface area contributed by atoms with Gasteiger partial charge in [-0.25, -0.2) is 4.98 Å². The summed E-state index contributed by atoms with van der Waals surface area (Å²) in [6, 6.07) is 15.2. The van der Waals surface area contributed by atoms with Crippen molar-refractivity contribution in [2.24, 2.45) is 0 Å². The van der Waals surface area contributed by atoms with Gasteiger partial charge in [0, 0.05) is 5.56 Å². The van der Waals surface area contributed by atoms with E-state index in [0.717, 1.165) is 15.8 Å². The number of hydrogen-bond acceptors (Lipinski definition) is 8. The van der Waals surface area contributed by atoms with E-state index in [-0.39, 0.29) is 11.3 Å². The second-order valence-electron chi connectivity index (χ2n) is 8.93. The summed E-state index contributed by atoms with van der Waals surface area (Å²) in [5, 5.41) is 11.9. The van der Waals surface area contributed by atoms with Crippen LogP contribution in [0.2, 0.25) is 0 Å². The Morgan fingerprint density at radius 3 is 2.39 bits per heavy atom. The van der Waals surface area contributed by atoms with E-state index in [1.807, 2.05) is 32.0 Å². The van der Waals surface area contributed by atoms with E-state index in [1.165, 1.54) is 30.5 Å². The lowest BCUT2D eigenvalue weighted by Crippen LogP contribution is -2.29. The number of thiazole rings is 1. The number of carbonyl (C=O) groups excluding carboxylic acids is 2. The molecule has 0 radical (unpaired) electrons. The minimum atomic E-state index is -0.947. The van der Waals surface area contributed by atoms with Gasteiger partial charge in [-0.05, 0) is 61.4 Å². The molecule has 8 nitrogen and oxygen atoms in total. The molecule has 2 heterocycles. The number of aliphatic hydroxyl groups excluding tert-OH is 1. The first-order chi connectivity index (χ1) is 18.3. The molecular formula is C29H26N2O6S. The SMILES string of the molecule is COc1ccc2nc(N3C(=O)C(=O)/C(=C(/O)c4cc(C)ccc4C)C3c3ccc(OC)c(OC)c3)sc2c1. The van der Waals surface area contributed by atoms with E-state index in [1.54, 1.807) is 43.5 Å². The van der Waals surface area contributed by atoms with E-state index in [0.29, 0.717) is 39.0 Å². The van der Waals surface area contributed by atoms with Crippen molar-refractivity contribution in [3.8, 4) is 17.2 Å². The van der Waals surface area contributed by atoms with E-state index in [9.17, 15) is 14.7 Å². The zero-order valence-corrected chi connectivity index (χ0v) is 22.4. The van der Waals surface area contributed by atoms with E-state index in [4.69, 9.17) is 14.2 Å². The van der Waals surface area contributed by atoms with Gasteiger partial charge >= 0.3 is 5.91 Å². The molecule has 1 N–H and O–H groups in total. The number of nitrogens with zero attached hydrogens (tertiary/aromatic N) is 2. The van der Waals surface area contributed by atoms with Crippen molar-refractivity contribution in [2.45, 2.75) is 19.9 Å². The highest BCUT2D eigenvalue weighted by atomic mass is 32.1. The summed E-state index contributed by atoms with van der Waals surface area (Å²) in [7, 11) is 4.61. The molecule has 194 valence electrons. The fourth-order valence-electron chi connectivity index (χ4n) is 4.63. The molecule has 5 rings (SSSR count). The smallest absolute Gasteiger partial charge is 0.301 e. The maximum Gasteiger partial charge on any atom is 0.301 e. The van der Waals surface area contributed by atoms with Crippen LogP contribution >= 0.6 is 11.3 Å². The average Bonchev–Trinajstić information content (AvgIpc) is 3.46. The van der Waals surface area contributed by atoms with Crippen LogP contribution in [0.4, 0.5) is 5.13 Å². The lowest BCUT2D eigenvalue weighted by Gasteiger charge is -2.24. The molecule has 0 aliphatic carbocycles. The molecular weight excluding hydrogens is 504 g/mol. The Morgan fingerprint density at radius 1 is 0.921 bits per heavy atom. The van der Waals surface area contributed by atoms with Crippen LogP contribution in [0.1, 0.15) is 28.3 Å². The number of amides is 1. The van der Waals surface area contributed by atoms with Gasteiger partial charge in [0.1, 0.15) is 11.5 Å². The maximum absolute atomic E-state index is 13.6. The first-order valence-corrected chi connectivity index (χ1v) is 12.6. The molecule has 4 aromatic rings. The Kier molecular flexibility index (Phi) is 6.54. The van der Waals surface area contributed by atoms with Crippen molar-refractivity contribution in [1.29, 1.82) is 0 Å². The average molecular weight is 531 g/mol. The van der Waals surface area contributed by atoms with Gasteiger partial charge in [-0.3, -0.25) is 14.5 Å². The molecule has 38 heavy (non-hydrogen) atoms. The Bertz CT molecular complexity index is 1620. The number of carbonyl (C=O) groups is 2. The molecule has 9 heteroatoms. The van der Waals surface area contributed by atoms with Crippen molar-refractivity contribution in [3.05, 3.63) is 82.4 Å². The predicted octanol–water partition coefficient (Wildman–Crippen LogP) is 5.57. The lowest BCUT2D eigenvalue weighted by atomic mass is 9.93. The third-order valence-electron chi connectivity index (χ3n) is 6.61. The van der Waals surface area contributed by atoms with E-state index < -0.39 is 17.7 Å². The molecule has 1 saturated heterocycles. The number of benzene rings is 3. The fourth-order valence-corrected chi connectivity index (χ4v) is 5.65. The number of fused-ring (bicyclic) bond motifs is 1. The van der Waals surface area contributed by atoms with Crippen LogP contribution in [-0.2, 0) is 9.59 Å². The minimum Gasteiger partial charge on any atom is -0.507 e. The van der Waals surface area contributed by atoms with Gasteiger partial charge in [0.15, 0.2) is 16.6 Å². The molecule has 0 saturated carbocycles. The minimum absolute atomic E-state index is 0.0206. The number of ether oxygens (including phenoxy) is 3. The summed E-state index contributed by atoms with van der Waals surface area (Å²) in [6.45, 7) is 3.74. The molecule has 1 aliphatic heterocycles. The van der Waals surface area contributed by atoms with Gasteiger partial charge in [-0.15, -0.1) is 0 Å². The standard InChI is InChI=1S/C29H26N2O6S/c1-15-6-7-16(2)19(12-15)26(32)24-25(17-8-11-21(36-4)22(13-17)37-5)31(28(34)27(24)33)29-30-20-10-9-18(35-3)14-23(20)38-29/h6-14,25,32H,1-5H3/b26-24+. The maximum atomic E-state index is 13.6. The summed E-state index contributed by atoms with van der Waals surface area (Å²) in [6.07, 6.45) is 0. The predicted molar refractivity (Wildman–Crippen MR) is 146 cm³/mol. The highest BCUT2D eigenvalue weighted by molar-refractivity contribution is 7.22. The van der Waals surface area contributed by atoms with Crippen LogP contribution < -0.4 is 19.1 Å². The highest BCUT2D eigenvalue weighted by Crippen LogP contribution is 2.46. The normalized spacial score (nSPS) is 16.8. The number of hydrogen-bond donors (Lipinski definition) is 1. The Labute approximate surface area is 223 Å². The van der Waals surface area contributed by atoms with Gasteiger partial charge < -0.3 is 19.3 Å². The number of aryl methyl sites for hydroxylation is 2. The number of anilines is 1. The molecule has 1 amide bonds. The number of rotatable bonds is 6. The van der Waals surface area contributed by atoms with Gasteiger partial charge in [0.05, 0.1) is 43.2 Å². The number of Topliss-reactive ketones (excluding diaryl/α,β-unsaturated/α-hetero) is 1. The molecule has 1 atom stereocenters. The second-order valence-corrected chi connectivity index (χ2v) is 9.94. The topological polar surface area (TPSA) is 98.2 Å². The van der Waals surface area contributed by atoms with Gasteiger partial charge in [-0.2, -0.15) is 0 Å². The summed E-state index contributed by atoms with van der Waals surface area (Å²) in [5.74, 6) is -0.232. The van der Waals surface area contributed by atoms with Crippen molar-refractivity contribution in [1.82, 2.24) is 4.98 Å². The van der Waals surface area contributed by atoms with Gasteiger partial charge in [-0.1, -0.05) is 35.1 Å². The third kappa shape index (κ3) is 4.14. The largest absolute Gasteiger partial charge is 0.507 e. The quantitative estimate of drug-likeness (QED) is 0.198. The van der Waals surface area contributed by atoms with Crippen LogP contribution in [-0.4, -0.2) is 43.1 Å². The van der Waals surface area contributed by atoms with Crippen LogP contribution in [0, 0.1) is 13.8 Å². The summed E-state index contributed by atoms with van der Waals surface area (Å²) < 4.78 is 17.0. The monoisotopic (exact) mass is 530 g/mol.